The zero-order chi connectivity index (χ0) is 16.8. The van der Waals surface area contributed by atoms with Gasteiger partial charge in [0.25, 0.3) is 5.91 Å². The van der Waals surface area contributed by atoms with E-state index in [1.807, 2.05) is 25.3 Å². The van der Waals surface area contributed by atoms with Crippen molar-refractivity contribution in [3.8, 4) is 0 Å². The Labute approximate surface area is 139 Å². The van der Waals surface area contributed by atoms with Gasteiger partial charge in [0.15, 0.2) is 0 Å². The van der Waals surface area contributed by atoms with Crippen LogP contribution in [0.2, 0.25) is 0 Å². The third-order valence-electron chi connectivity index (χ3n) is 3.30. The van der Waals surface area contributed by atoms with Crippen LogP contribution < -0.4 is 10.6 Å². The fourth-order valence-electron chi connectivity index (χ4n) is 1.94. The molecule has 1 heterocycles. The Morgan fingerprint density at radius 3 is 2.65 bits per heavy atom. The number of hydrogen-bond acceptors (Lipinski definition) is 4. The Morgan fingerprint density at radius 1 is 1.17 bits per heavy atom. The van der Waals surface area contributed by atoms with Crippen LogP contribution in [0.1, 0.15) is 29.3 Å². The fourth-order valence-corrected chi connectivity index (χ4v) is 2.35. The van der Waals surface area contributed by atoms with Gasteiger partial charge in [-0.3, -0.25) is 9.59 Å². The van der Waals surface area contributed by atoms with E-state index < -0.39 is 0 Å². The van der Waals surface area contributed by atoms with Crippen LogP contribution in [0.3, 0.4) is 0 Å². The van der Waals surface area contributed by atoms with Gasteiger partial charge in [-0.25, -0.2) is 4.98 Å². The number of carbonyl (C=O) groups is 2. The summed E-state index contributed by atoms with van der Waals surface area (Å²) >= 11 is 1.48. The number of anilines is 2. The molecule has 1 aromatic heterocycles. The smallest absolute Gasteiger partial charge is 0.255 e. The molecule has 0 atom stereocenters. The topological polar surface area (TPSA) is 71.1 Å². The molecular formula is C17H19N3O2S. The molecule has 6 heteroatoms. The number of carbonyl (C=O) groups excluding carboxylic acids is 2. The van der Waals surface area contributed by atoms with Crippen molar-refractivity contribution in [2.24, 2.45) is 0 Å². The summed E-state index contributed by atoms with van der Waals surface area (Å²) in [6, 6.07) is 8.86. The standard InChI is InChI=1S/C17H19N3O2S/c1-4-15(21)19-13-6-5-11(2)14(10-13)20-17(22)12-7-8-18-16(9-12)23-3/h5-10H,4H2,1-3H3,(H,19,21)(H,20,22). The summed E-state index contributed by atoms with van der Waals surface area (Å²) < 4.78 is 0. The zero-order valence-electron chi connectivity index (χ0n) is 13.3. The van der Waals surface area contributed by atoms with Gasteiger partial charge < -0.3 is 10.6 Å². The van der Waals surface area contributed by atoms with E-state index >= 15 is 0 Å². The van der Waals surface area contributed by atoms with Crippen molar-refractivity contribution in [2.45, 2.75) is 25.3 Å². The van der Waals surface area contributed by atoms with Crippen LogP contribution in [-0.4, -0.2) is 23.1 Å². The lowest BCUT2D eigenvalue weighted by Gasteiger charge is -2.11. The monoisotopic (exact) mass is 329 g/mol. The first-order valence-electron chi connectivity index (χ1n) is 7.25. The highest BCUT2D eigenvalue weighted by molar-refractivity contribution is 7.98. The first-order valence-corrected chi connectivity index (χ1v) is 8.48. The third-order valence-corrected chi connectivity index (χ3v) is 3.94. The Bertz CT molecular complexity index is 732. The Hall–Kier alpha value is -2.34. The molecule has 0 fully saturated rings. The molecule has 0 radical (unpaired) electrons. The van der Waals surface area contributed by atoms with Gasteiger partial charge >= 0.3 is 0 Å². The van der Waals surface area contributed by atoms with Crippen molar-refractivity contribution in [3.63, 3.8) is 0 Å². The molecule has 0 saturated heterocycles. The van der Waals surface area contributed by atoms with Crippen molar-refractivity contribution in [1.29, 1.82) is 0 Å². The summed E-state index contributed by atoms with van der Waals surface area (Å²) in [5, 5.41) is 6.46. The highest BCUT2D eigenvalue weighted by Gasteiger charge is 2.10. The number of aromatic nitrogens is 1. The molecule has 0 spiro atoms. The summed E-state index contributed by atoms with van der Waals surface area (Å²) in [5.41, 5.74) is 2.81. The molecule has 1 aromatic carbocycles. The number of thioether (sulfide) groups is 1. The Balaban J connectivity index is 2.19. The van der Waals surface area contributed by atoms with Gasteiger partial charge in [-0.15, -0.1) is 11.8 Å². The Morgan fingerprint density at radius 2 is 1.96 bits per heavy atom. The molecule has 0 aliphatic carbocycles. The summed E-state index contributed by atoms with van der Waals surface area (Å²) in [5.74, 6) is -0.269. The van der Waals surface area contributed by atoms with Crippen LogP contribution in [0, 0.1) is 6.92 Å². The quantitative estimate of drug-likeness (QED) is 0.820. The molecule has 0 saturated carbocycles. The number of nitrogens with one attached hydrogen (secondary N) is 2. The normalized spacial score (nSPS) is 10.2. The van der Waals surface area contributed by atoms with Crippen LogP contribution >= 0.6 is 11.8 Å². The first-order chi connectivity index (χ1) is 11.0. The SMILES string of the molecule is CCC(=O)Nc1ccc(C)c(NC(=O)c2ccnc(SC)c2)c1. The predicted octanol–water partition coefficient (Wildman–Crippen LogP) is 3.71. The second-order valence-electron chi connectivity index (χ2n) is 4.97. The number of pyridine rings is 1. The summed E-state index contributed by atoms with van der Waals surface area (Å²) in [6.07, 6.45) is 3.93. The van der Waals surface area contributed by atoms with E-state index in [1.165, 1.54) is 11.8 Å². The van der Waals surface area contributed by atoms with E-state index in [-0.39, 0.29) is 11.8 Å². The minimum Gasteiger partial charge on any atom is -0.326 e. The number of amides is 2. The summed E-state index contributed by atoms with van der Waals surface area (Å²) in [7, 11) is 0. The maximum absolute atomic E-state index is 12.4. The molecular weight excluding hydrogens is 310 g/mol. The maximum atomic E-state index is 12.4. The van der Waals surface area contributed by atoms with E-state index in [9.17, 15) is 9.59 Å². The molecule has 23 heavy (non-hydrogen) atoms. The van der Waals surface area contributed by atoms with E-state index in [2.05, 4.69) is 15.6 Å². The minimum atomic E-state index is -0.204. The molecule has 0 bridgehead atoms. The number of rotatable bonds is 5. The maximum Gasteiger partial charge on any atom is 0.255 e. The molecule has 0 aliphatic rings. The molecule has 2 aromatic rings. The first kappa shape index (κ1) is 17.0. The number of hydrogen-bond donors (Lipinski definition) is 2. The van der Waals surface area contributed by atoms with Gasteiger partial charge in [-0.1, -0.05) is 13.0 Å². The van der Waals surface area contributed by atoms with Crippen LogP contribution in [-0.2, 0) is 4.79 Å². The second kappa shape index (κ2) is 7.78. The minimum absolute atomic E-state index is 0.0649. The van der Waals surface area contributed by atoms with Crippen molar-refractivity contribution < 1.29 is 9.59 Å². The van der Waals surface area contributed by atoms with Gasteiger partial charge in [0.1, 0.15) is 0 Å². The lowest BCUT2D eigenvalue weighted by Crippen LogP contribution is -2.14. The fraction of sp³-hybridized carbons (Fsp3) is 0.235. The van der Waals surface area contributed by atoms with E-state index in [1.54, 1.807) is 31.3 Å². The van der Waals surface area contributed by atoms with Crippen LogP contribution in [0.4, 0.5) is 11.4 Å². The van der Waals surface area contributed by atoms with Crippen molar-refractivity contribution in [2.75, 3.05) is 16.9 Å². The molecule has 5 nitrogen and oxygen atoms in total. The highest BCUT2D eigenvalue weighted by atomic mass is 32.2. The van der Waals surface area contributed by atoms with Gasteiger partial charge in [-0.2, -0.15) is 0 Å². The van der Waals surface area contributed by atoms with Gasteiger partial charge in [0.05, 0.1) is 5.03 Å². The van der Waals surface area contributed by atoms with Crippen LogP contribution in [0.15, 0.2) is 41.6 Å². The molecule has 120 valence electrons. The number of nitrogens with zero attached hydrogens (tertiary/aromatic N) is 1. The lowest BCUT2D eigenvalue weighted by molar-refractivity contribution is -0.115. The molecule has 0 aliphatic heterocycles. The van der Waals surface area contributed by atoms with E-state index in [0.717, 1.165) is 10.6 Å². The van der Waals surface area contributed by atoms with Crippen molar-refractivity contribution >= 4 is 35.0 Å². The highest BCUT2D eigenvalue weighted by Crippen LogP contribution is 2.22. The van der Waals surface area contributed by atoms with E-state index in [4.69, 9.17) is 0 Å². The van der Waals surface area contributed by atoms with Crippen LogP contribution in [0.5, 0.6) is 0 Å². The van der Waals surface area contributed by atoms with Gasteiger partial charge in [0.2, 0.25) is 5.91 Å². The molecule has 0 unspecified atom stereocenters. The van der Waals surface area contributed by atoms with Crippen molar-refractivity contribution in [3.05, 3.63) is 47.7 Å². The van der Waals surface area contributed by atoms with Gasteiger partial charge in [0, 0.05) is 29.6 Å². The average molecular weight is 329 g/mol. The lowest BCUT2D eigenvalue weighted by atomic mass is 10.1. The number of benzene rings is 1. The number of aryl methyl sites for hydroxylation is 1. The van der Waals surface area contributed by atoms with Gasteiger partial charge in [-0.05, 0) is 43.0 Å². The Kier molecular flexibility index (Phi) is 5.76. The van der Waals surface area contributed by atoms with E-state index in [0.29, 0.717) is 23.4 Å². The predicted molar refractivity (Wildman–Crippen MR) is 94.1 cm³/mol. The third kappa shape index (κ3) is 4.56. The molecule has 2 amide bonds. The van der Waals surface area contributed by atoms with Crippen molar-refractivity contribution in [1.82, 2.24) is 4.98 Å². The summed E-state index contributed by atoms with van der Waals surface area (Å²) in [4.78, 5) is 28.0. The van der Waals surface area contributed by atoms with Crippen LogP contribution in [0.25, 0.3) is 0 Å². The molecule has 2 N–H and O–H groups in total. The second-order valence-corrected chi connectivity index (χ2v) is 5.80. The zero-order valence-corrected chi connectivity index (χ0v) is 14.2. The largest absolute Gasteiger partial charge is 0.326 e. The summed E-state index contributed by atoms with van der Waals surface area (Å²) in [6.45, 7) is 3.69. The average Bonchev–Trinajstić information content (AvgIpc) is 2.57. The molecule has 2 rings (SSSR count).